The molecule has 2 aromatic rings. The van der Waals surface area contributed by atoms with Crippen LogP contribution in [0, 0.1) is 12.7 Å². The topological polar surface area (TPSA) is 22.1 Å². The van der Waals surface area contributed by atoms with E-state index in [1.165, 1.54) is 6.07 Å². The molecule has 0 unspecified atom stereocenters. The Bertz CT molecular complexity index is 531. The van der Waals surface area contributed by atoms with Crippen molar-refractivity contribution in [2.45, 2.75) is 13.5 Å². The number of ether oxygens (including phenoxy) is 1. The Morgan fingerprint density at radius 1 is 1.29 bits per heavy atom. The first-order valence-corrected chi connectivity index (χ1v) is 5.52. The third-order valence-electron chi connectivity index (χ3n) is 2.33. The Hall–Kier alpha value is -1.61. The first kappa shape index (κ1) is 11.9. The van der Waals surface area contributed by atoms with E-state index < -0.39 is 0 Å². The summed E-state index contributed by atoms with van der Waals surface area (Å²) in [6.45, 7) is 2.08. The maximum absolute atomic E-state index is 13.0. The maximum Gasteiger partial charge on any atom is 0.129 e. The Morgan fingerprint density at radius 2 is 2.12 bits per heavy atom. The molecule has 2 nitrogen and oxygen atoms in total. The summed E-state index contributed by atoms with van der Waals surface area (Å²) in [5.74, 6) is 0.404. The minimum atomic E-state index is -0.232. The van der Waals surface area contributed by atoms with Gasteiger partial charge in [-0.25, -0.2) is 9.37 Å². The van der Waals surface area contributed by atoms with Gasteiger partial charge >= 0.3 is 0 Å². The summed E-state index contributed by atoms with van der Waals surface area (Å²) in [5, 5.41) is 0.432. The molecule has 1 aromatic heterocycles. The fraction of sp³-hybridized carbons (Fsp3) is 0.154. The second-order valence-corrected chi connectivity index (χ2v) is 4.07. The largest absolute Gasteiger partial charge is 0.489 e. The molecule has 0 aliphatic heterocycles. The summed E-state index contributed by atoms with van der Waals surface area (Å²) < 4.78 is 18.6. The normalized spacial score (nSPS) is 10.3. The molecule has 0 bridgehead atoms. The van der Waals surface area contributed by atoms with Crippen LogP contribution in [-0.4, -0.2) is 4.98 Å². The smallest absolute Gasteiger partial charge is 0.129 e. The zero-order valence-corrected chi connectivity index (χ0v) is 10.0. The average molecular weight is 252 g/mol. The number of nitrogens with zero attached hydrogens (tertiary/aromatic N) is 1. The highest BCUT2D eigenvalue weighted by molar-refractivity contribution is 6.29. The highest BCUT2D eigenvalue weighted by atomic mass is 35.5. The van der Waals surface area contributed by atoms with Crippen LogP contribution in [0.3, 0.4) is 0 Å². The standard InChI is InChI=1S/C13H11ClFNO/c1-9-6-11(2-3-12(9)15)17-8-10-4-5-16-13(14)7-10/h2-7H,8H2,1H3. The van der Waals surface area contributed by atoms with Gasteiger partial charge in [-0.1, -0.05) is 11.6 Å². The lowest BCUT2D eigenvalue weighted by Gasteiger charge is -2.07. The molecule has 0 N–H and O–H groups in total. The van der Waals surface area contributed by atoms with E-state index in [4.69, 9.17) is 16.3 Å². The van der Waals surface area contributed by atoms with Crippen molar-refractivity contribution in [1.82, 2.24) is 4.98 Å². The molecule has 4 heteroatoms. The van der Waals surface area contributed by atoms with Crippen LogP contribution < -0.4 is 4.74 Å². The van der Waals surface area contributed by atoms with Crippen molar-refractivity contribution in [1.29, 1.82) is 0 Å². The fourth-order valence-electron chi connectivity index (χ4n) is 1.41. The number of aryl methyl sites for hydroxylation is 1. The van der Waals surface area contributed by atoms with Gasteiger partial charge in [-0.3, -0.25) is 0 Å². The van der Waals surface area contributed by atoms with Crippen LogP contribution in [0.5, 0.6) is 5.75 Å². The van der Waals surface area contributed by atoms with Crippen LogP contribution in [0.15, 0.2) is 36.5 Å². The SMILES string of the molecule is Cc1cc(OCc2ccnc(Cl)c2)ccc1F. The van der Waals surface area contributed by atoms with Crippen molar-refractivity contribution >= 4 is 11.6 Å². The number of hydrogen-bond acceptors (Lipinski definition) is 2. The van der Waals surface area contributed by atoms with E-state index in [0.29, 0.717) is 23.1 Å². The van der Waals surface area contributed by atoms with Gasteiger partial charge in [0.15, 0.2) is 0 Å². The average Bonchev–Trinajstić information content (AvgIpc) is 2.31. The van der Waals surface area contributed by atoms with Crippen molar-refractivity contribution in [3.05, 3.63) is 58.6 Å². The molecular formula is C13H11ClFNO. The second kappa shape index (κ2) is 5.15. The van der Waals surface area contributed by atoms with Crippen LogP contribution in [0.25, 0.3) is 0 Å². The van der Waals surface area contributed by atoms with Gasteiger partial charge in [-0.15, -0.1) is 0 Å². The van der Waals surface area contributed by atoms with Crippen LogP contribution in [0.2, 0.25) is 5.15 Å². The van der Waals surface area contributed by atoms with E-state index in [2.05, 4.69) is 4.98 Å². The van der Waals surface area contributed by atoms with Gasteiger partial charge in [0, 0.05) is 6.20 Å². The lowest BCUT2D eigenvalue weighted by molar-refractivity contribution is 0.305. The zero-order valence-electron chi connectivity index (χ0n) is 9.28. The van der Waals surface area contributed by atoms with Crippen molar-refractivity contribution < 1.29 is 9.13 Å². The Balaban J connectivity index is 2.05. The molecule has 0 aliphatic carbocycles. The van der Waals surface area contributed by atoms with Crippen molar-refractivity contribution in [3.8, 4) is 5.75 Å². The summed E-state index contributed by atoms with van der Waals surface area (Å²) in [7, 11) is 0. The number of aromatic nitrogens is 1. The number of pyridine rings is 1. The van der Waals surface area contributed by atoms with E-state index in [9.17, 15) is 4.39 Å². The number of halogens is 2. The molecule has 17 heavy (non-hydrogen) atoms. The molecule has 1 aromatic carbocycles. The molecule has 1 heterocycles. The van der Waals surface area contributed by atoms with Crippen LogP contribution in [-0.2, 0) is 6.61 Å². The molecule has 0 atom stereocenters. The highest BCUT2D eigenvalue weighted by Crippen LogP contribution is 2.17. The van der Waals surface area contributed by atoms with Gasteiger partial charge in [0.05, 0.1) is 0 Å². The molecule has 0 saturated heterocycles. The van der Waals surface area contributed by atoms with Gasteiger partial charge in [0.1, 0.15) is 23.3 Å². The summed E-state index contributed by atoms with van der Waals surface area (Å²) >= 11 is 5.76. The molecule has 0 aliphatic rings. The Morgan fingerprint density at radius 3 is 2.82 bits per heavy atom. The van der Waals surface area contributed by atoms with E-state index in [1.807, 2.05) is 6.07 Å². The minimum Gasteiger partial charge on any atom is -0.489 e. The van der Waals surface area contributed by atoms with Crippen LogP contribution in [0.1, 0.15) is 11.1 Å². The van der Waals surface area contributed by atoms with Gasteiger partial charge in [0.2, 0.25) is 0 Å². The summed E-state index contributed by atoms with van der Waals surface area (Å²) in [6.07, 6.45) is 1.62. The molecule has 0 fully saturated rings. The van der Waals surface area contributed by atoms with Crippen molar-refractivity contribution in [2.24, 2.45) is 0 Å². The summed E-state index contributed by atoms with van der Waals surface area (Å²) in [5.41, 5.74) is 1.49. The van der Waals surface area contributed by atoms with Gasteiger partial charge < -0.3 is 4.74 Å². The van der Waals surface area contributed by atoms with E-state index in [-0.39, 0.29) is 5.82 Å². The third-order valence-corrected chi connectivity index (χ3v) is 2.53. The zero-order chi connectivity index (χ0) is 12.3. The van der Waals surface area contributed by atoms with Gasteiger partial charge in [-0.2, -0.15) is 0 Å². The summed E-state index contributed by atoms with van der Waals surface area (Å²) in [4.78, 5) is 3.88. The first-order chi connectivity index (χ1) is 8.15. The molecule has 88 valence electrons. The van der Waals surface area contributed by atoms with Crippen LogP contribution >= 0.6 is 11.6 Å². The predicted octanol–water partition coefficient (Wildman–Crippen LogP) is 3.76. The second-order valence-electron chi connectivity index (χ2n) is 3.69. The van der Waals surface area contributed by atoms with Gasteiger partial charge in [-0.05, 0) is 48.4 Å². The van der Waals surface area contributed by atoms with Crippen molar-refractivity contribution in [3.63, 3.8) is 0 Å². The lowest BCUT2D eigenvalue weighted by atomic mass is 10.2. The molecule has 0 amide bonds. The van der Waals surface area contributed by atoms with E-state index in [1.54, 1.807) is 31.3 Å². The fourth-order valence-corrected chi connectivity index (χ4v) is 1.60. The number of hydrogen-bond donors (Lipinski definition) is 0. The van der Waals surface area contributed by atoms with E-state index >= 15 is 0 Å². The minimum absolute atomic E-state index is 0.232. The van der Waals surface area contributed by atoms with Crippen molar-refractivity contribution in [2.75, 3.05) is 0 Å². The lowest BCUT2D eigenvalue weighted by Crippen LogP contribution is -1.96. The first-order valence-electron chi connectivity index (χ1n) is 5.14. The predicted molar refractivity (Wildman–Crippen MR) is 64.7 cm³/mol. The monoisotopic (exact) mass is 251 g/mol. The summed E-state index contributed by atoms with van der Waals surface area (Å²) in [6, 6.07) is 8.22. The van der Waals surface area contributed by atoms with E-state index in [0.717, 1.165) is 5.56 Å². The number of rotatable bonds is 3. The molecule has 0 radical (unpaired) electrons. The Kier molecular flexibility index (Phi) is 3.59. The maximum atomic E-state index is 13.0. The van der Waals surface area contributed by atoms with Gasteiger partial charge in [0.25, 0.3) is 0 Å². The molecule has 0 spiro atoms. The Labute approximate surface area is 104 Å². The quantitative estimate of drug-likeness (QED) is 0.775. The third kappa shape index (κ3) is 3.17. The van der Waals surface area contributed by atoms with Crippen LogP contribution in [0.4, 0.5) is 4.39 Å². The molecule has 2 rings (SSSR count). The molecular weight excluding hydrogens is 241 g/mol. The highest BCUT2D eigenvalue weighted by Gasteiger charge is 2.01. The number of benzene rings is 1. The molecule has 0 saturated carbocycles.